The minimum atomic E-state index is -0.907. The Morgan fingerprint density at radius 2 is 2.27 bits per heavy atom. The number of rotatable bonds is 2. The first-order chi connectivity index (χ1) is 7.15. The lowest BCUT2D eigenvalue weighted by Gasteiger charge is -2.04. The van der Waals surface area contributed by atoms with Gasteiger partial charge in [-0.15, -0.1) is 0 Å². The van der Waals surface area contributed by atoms with E-state index in [1.165, 1.54) is 0 Å². The van der Waals surface area contributed by atoms with Crippen LogP contribution in [0.15, 0.2) is 18.2 Å². The zero-order valence-electron chi connectivity index (χ0n) is 8.69. The van der Waals surface area contributed by atoms with E-state index in [1.54, 1.807) is 12.1 Å². The Hall–Kier alpha value is -1.84. The molecule has 4 heteroatoms. The summed E-state index contributed by atoms with van der Waals surface area (Å²) < 4.78 is 1.92. The van der Waals surface area contributed by atoms with Crippen LogP contribution in [0.4, 0.5) is 0 Å². The number of hydrogen-bond acceptors (Lipinski definition) is 2. The molecule has 0 amide bonds. The maximum absolute atomic E-state index is 11.1. The first kappa shape index (κ1) is 9.71. The number of hydrogen-bond donors (Lipinski definition) is 1. The lowest BCUT2D eigenvalue weighted by Crippen LogP contribution is -2.03. The van der Waals surface area contributed by atoms with Gasteiger partial charge in [-0.25, -0.2) is 9.78 Å². The minimum Gasteiger partial charge on any atom is -0.478 e. The molecule has 0 fully saturated rings. The summed E-state index contributed by atoms with van der Waals surface area (Å²) >= 11 is 0. The van der Waals surface area contributed by atoms with E-state index in [1.807, 2.05) is 24.5 Å². The van der Waals surface area contributed by atoms with Gasteiger partial charge in [0.25, 0.3) is 0 Å². The highest BCUT2D eigenvalue weighted by atomic mass is 16.4. The highest BCUT2D eigenvalue weighted by Crippen LogP contribution is 2.20. The van der Waals surface area contributed by atoms with E-state index in [9.17, 15) is 4.79 Å². The van der Waals surface area contributed by atoms with Crippen molar-refractivity contribution in [1.29, 1.82) is 0 Å². The van der Waals surface area contributed by atoms with Crippen LogP contribution in [0, 0.1) is 6.92 Å². The summed E-state index contributed by atoms with van der Waals surface area (Å²) in [5, 5.41) is 9.07. The Balaban J connectivity index is 2.87. The maximum atomic E-state index is 11.1. The molecule has 2 rings (SSSR count). The molecule has 0 aliphatic heterocycles. The molecule has 0 radical (unpaired) electrons. The van der Waals surface area contributed by atoms with Gasteiger partial charge >= 0.3 is 5.97 Å². The molecule has 0 saturated carbocycles. The summed E-state index contributed by atoms with van der Waals surface area (Å²) in [7, 11) is 0. The van der Waals surface area contributed by atoms with Crippen molar-refractivity contribution in [2.45, 2.75) is 20.4 Å². The van der Waals surface area contributed by atoms with Crippen molar-refractivity contribution in [2.75, 3.05) is 0 Å². The molecular formula is C11H12N2O2. The van der Waals surface area contributed by atoms with Crippen molar-refractivity contribution < 1.29 is 9.90 Å². The fourth-order valence-electron chi connectivity index (χ4n) is 1.86. The number of aryl methyl sites for hydroxylation is 2. The molecule has 2 aromatic rings. The number of benzene rings is 1. The molecule has 78 valence electrons. The second-order valence-electron chi connectivity index (χ2n) is 3.38. The van der Waals surface area contributed by atoms with E-state index in [-0.39, 0.29) is 0 Å². The van der Waals surface area contributed by atoms with Gasteiger partial charge in [-0.2, -0.15) is 0 Å². The molecule has 1 heterocycles. The van der Waals surface area contributed by atoms with Crippen molar-refractivity contribution >= 4 is 17.0 Å². The SMILES string of the molecule is CCn1c(C)nc2cccc(C(=O)O)c21. The highest BCUT2D eigenvalue weighted by Gasteiger charge is 2.14. The van der Waals surface area contributed by atoms with Gasteiger partial charge < -0.3 is 9.67 Å². The third kappa shape index (κ3) is 1.38. The third-order valence-electron chi connectivity index (χ3n) is 2.50. The topological polar surface area (TPSA) is 55.1 Å². The molecule has 0 spiro atoms. The van der Waals surface area contributed by atoms with Gasteiger partial charge in [-0.3, -0.25) is 0 Å². The number of carboxylic acids is 1. The first-order valence-corrected chi connectivity index (χ1v) is 4.84. The van der Waals surface area contributed by atoms with E-state index in [4.69, 9.17) is 5.11 Å². The third-order valence-corrected chi connectivity index (χ3v) is 2.50. The largest absolute Gasteiger partial charge is 0.478 e. The van der Waals surface area contributed by atoms with Crippen LogP contribution in [-0.2, 0) is 6.54 Å². The lowest BCUT2D eigenvalue weighted by atomic mass is 10.2. The van der Waals surface area contributed by atoms with Crippen molar-refractivity contribution in [3.63, 3.8) is 0 Å². The Labute approximate surface area is 87.2 Å². The van der Waals surface area contributed by atoms with Crippen LogP contribution in [0.25, 0.3) is 11.0 Å². The smallest absolute Gasteiger partial charge is 0.337 e. The maximum Gasteiger partial charge on any atom is 0.337 e. The van der Waals surface area contributed by atoms with Crippen LogP contribution in [0.2, 0.25) is 0 Å². The highest BCUT2D eigenvalue weighted by molar-refractivity contribution is 6.01. The van der Waals surface area contributed by atoms with Crippen molar-refractivity contribution in [3.8, 4) is 0 Å². The number of aromatic carboxylic acids is 1. The normalized spacial score (nSPS) is 10.8. The van der Waals surface area contributed by atoms with Gasteiger partial charge in [0.2, 0.25) is 0 Å². The predicted molar refractivity (Wildman–Crippen MR) is 57.1 cm³/mol. The van der Waals surface area contributed by atoms with Crippen LogP contribution in [0.3, 0.4) is 0 Å². The molecule has 0 atom stereocenters. The quantitative estimate of drug-likeness (QED) is 0.814. The average Bonchev–Trinajstić information content (AvgIpc) is 2.52. The fraction of sp³-hybridized carbons (Fsp3) is 0.273. The number of imidazole rings is 1. The molecule has 1 aromatic carbocycles. The van der Waals surface area contributed by atoms with Gasteiger partial charge in [0.15, 0.2) is 0 Å². The fourth-order valence-corrected chi connectivity index (χ4v) is 1.86. The van der Waals surface area contributed by atoms with Crippen LogP contribution in [0.5, 0.6) is 0 Å². The van der Waals surface area contributed by atoms with Gasteiger partial charge in [0.05, 0.1) is 16.6 Å². The van der Waals surface area contributed by atoms with Crippen LogP contribution < -0.4 is 0 Å². The van der Waals surface area contributed by atoms with Crippen LogP contribution in [-0.4, -0.2) is 20.6 Å². The number of para-hydroxylation sites is 1. The summed E-state index contributed by atoms with van der Waals surface area (Å²) in [5.41, 5.74) is 1.77. The van der Waals surface area contributed by atoms with E-state index in [0.717, 1.165) is 17.9 Å². The molecule has 0 saturated heterocycles. The molecule has 1 N–H and O–H groups in total. The molecule has 15 heavy (non-hydrogen) atoms. The molecule has 0 aliphatic rings. The Morgan fingerprint density at radius 3 is 2.87 bits per heavy atom. The van der Waals surface area contributed by atoms with Crippen LogP contribution >= 0.6 is 0 Å². The second-order valence-corrected chi connectivity index (χ2v) is 3.38. The summed E-state index contributed by atoms with van der Waals surface area (Å²) in [4.78, 5) is 15.4. The summed E-state index contributed by atoms with van der Waals surface area (Å²) in [6.07, 6.45) is 0. The van der Waals surface area contributed by atoms with E-state index in [2.05, 4.69) is 4.98 Å². The zero-order chi connectivity index (χ0) is 11.0. The molecule has 0 unspecified atom stereocenters. The molecule has 0 bridgehead atoms. The molecule has 0 aliphatic carbocycles. The van der Waals surface area contributed by atoms with Gasteiger partial charge in [-0.05, 0) is 26.0 Å². The number of nitrogens with zero attached hydrogens (tertiary/aromatic N) is 2. The Kier molecular flexibility index (Phi) is 2.19. The van der Waals surface area contributed by atoms with E-state index in [0.29, 0.717) is 11.1 Å². The monoisotopic (exact) mass is 204 g/mol. The number of carboxylic acid groups (broad SMARTS) is 1. The van der Waals surface area contributed by atoms with Crippen molar-refractivity contribution in [3.05, 3.63) is 29.6 Å². The van der Waals surface area contributed by atoms with E-state index >= 15 is 0 Å². The van der Waals surface area contributed by atoms with E-state index < -0.39 is 5.97 Å². The molecule has 1 aromatic heterocycles. The molecule has 4 nitrogen and oxygen atoms in total. The van der Waals surface area contributed by atoms with Gasteiger partial charge in [0.1, 0.15) is 5.82 Å². The number of aromatic nitrogens is 2. The minimum absolute atomic E-state index is 0.315. The Bertz CT molecular complexity index is 529. The summed E-state index contributed by atoms with van der Waals surface area (Å²) in [6.45, 7) is 4.59. The number of carbonyl (C=O) groups is 1. The van der Waals surface area contributed by atoms with Crippen molar-refractivity contribution in [2.24, 2.45) is 0 Å². The number of fused-ring (bicyclic) bond motifs is 1. The standard InChI is InChI=1S/C11H12N2O2/c1-3-13-7(2)12-9-6-4-5-8(10(9)13)11(14)15/h4-6H,3H2,1-2H3,(H,14,15). The lowest BCUT2D eigenvalue weighted by molar-refractivity contribution is 0.0698. The van der Waals surface area contributed by atoms with Crippen LogP contribution in [0.1, 0.15) is 23.1 Å². The average molecular weight is 204 g/mol. The van der Waals surface area contributed by atoms with Crippen molar-refractivity contribution in [1.82, 2.24) is 9.55 Å². The Morgan fingerprint density at radius 1 is 1.53 bits per heavy atom. The molecular weight excluding hydrogens is 192 g/mol. The van der Waals surface area contributed by atoms with Gasteiger partial charge in [-0.1, -0.05) is 6.07 Å². The predicted octanol–water partition coefficient (Wildman–Crippen LogP) is 2.06. The first-order valence-electron chi connectivity index (χ1n) is 4.84. The summed E-state index contributed by atoms with van der Waals surface area (Å²) in [6, 6.07) is 5.16. The van der Waals surface area contributed by atoms with Gasteiger partial charge in [0, 0.05) is 6.54 Å². The summed E-state index contributed by atoms with van der Waals surface area (Å²) in [5.74, 6) is -0.0589. The second kappa shape index (κ2) is 3.38. The zero-order valence-corrected chi connectivity index (χ0v) is 8.69.